The number of ether oxygens (including phenoxy) is 1. The minimum absolute atomic E-state index is 0.0452. The van der Waals surface area contributed by atoms with E-state index in [1.807, 2.05) is 6.07 Å². The summed E-state index contributed by atoms with van der Waals surface area (Å²) in [6.45, 7) is 4.19. The SMILES string of the molecule is Cc1cc(OC2CC(S(C)(=O)=O)C2)cc(C)c1-c1cccc(C2CCc3cc(CCC(=O)O)ccc3N2)c1. The van der Waals surface area contributed by atoms with Gasteiger partial charge in [-0.25, -0.2) is 8.42 Å². The molecule has 1 heterocycles. The summed E-state index contributed by atoms with van der Waals surface area (Å²) in [6, 6.07) is 19.3. The largest absolute Gasteiger partial charge is 0.490 e. The number of aryl methyl sites for hydroxylation is 4. The fraction of sp³-hybridized carbons (Fsp3) is 0.387. The number of nitrogens with one attached hydrogen (secondary N) is 1. The summed E-state index contributed by atoms with van der Waals surface area (Å²) >= 11 is 0. The molecule has 2 N–H and O–H groups in total. The van der Waals surface area contributed by atoms with Crippen LogP contribution in [0.15, 0.2) is 54.6 Å². The number of aliphatic carboxylic acids is 1. The number of anilines is 1. The Bertz CT molecular complexity index is 1450. The van der Waals surface area contributed by atoms with Crippen LogP contribution in [0.3, 0.4) is 0 Å². The lowest BCUT2D eigenvalue weighted by Crippen LogP contribution is -2.42. The van der Waals surface area contributed by atoms with Crippen molar-refractivity contribution in [2.75, 3.05) is 11.6 Å². The second-order valence-electron chi connectivity index (χ2n) is 10.8. The van der Waals surface area contributed by atoms with Gasteiger partial charge in [0.25, 0.3) is 0 Å². The number of hydrogen-bond acceptors (Lipinski definition) is 5. The number of fused-ring (bicyclic) bond motifs is 1. The van der Waals surface area contributed by atoms with E-state index in [0.717, 1.165) is 41.0 Å². The van der Waals surface area contributed by atoms with Crippen molar-refractivity contribution >= 4 is 21.5 Å². The normalized spacial score (nSPS) is 20.7. The summed E-state index contributed by atoms with van der Waals surface area (Å²) in [6.07, 6.45) is 4.99. The molecule has 2 aliphatic rings. The Hall–Kier alpha value is -3.32. The Kier molecular flexibility index (Phi) is 7.23. The van der Waals surface area contributed by atoms with Crippen LogP contribution in [-0.4, -0.2) is 37.1 Å². The first-order valence-electron chi connectivity index (χ1n) is 13.2. The molecule has 0 saturated heterocycles. The van der Waals surface area contributed by atoms with Gasteiger partial charge in [0, 0.05) is 31.2 Å². The number of hydrogen-bond donors (Lipinski definition) is 2. The van der Waals surface area contributed by atoms with Gasteiger partial charge in [-0.3, -0.25) is 4.79 Å². The molecule has 3 aromatic carbocycles. The van der Waals surface area contributed by atoms with Crippen molar-refractivity contribution in [1.82, 2.24) is 0 Å². The van der Waals surface area contributed by atoms with Crippen LogP contribution in [0.25, 0.3) is 11.1 Å². The molecule has 0 aromatic heterocycles. The van der Waals surface area contributed by atoms with E-state index in [1.54, 1.807) is 0 Å². The Labute approximate surface area is 225 Å². The molecule has 38 heavy (non-hydrogen) atoms. The average molecular weight is 534 g/mol. The summed E-state index contributed by atoms with van der Waals surface area (Å²) in [4.78, 5) is 10.9. The van der Waals surface area contributed by atoms with E-state index >= 15 is 0 Å². The molecule has 1 aliphatic carbocycles. The van der Waals surface area contributed by atoms with Gasteiger partial charge in [0.05, 0.1) is 11.3 Å². The highest BCUT2D eigenvalue weighted by Crippen LogP contribution is 2.38. The van der Waals surface area contributed by atoms with Crippen molar-refractivity contribution in [1.29, 1.82) is 0 Å². The molecule has 1 aliphatic heterocycles. The van der Waals surface area contributed by atoms with Crippen molar-refractivity contribution in [3.05, 3.63) is 82.4 Å². The molecule has 6 nitrogen and oxygen atoms in total. The van der Waals surface area contributed by atoms with Crippen LogP contribution < -0.4 is 10.1 Å². The van der Waals surface area contributed by atoms with Crippen molar-refractivity contribution in [2.45, 2.75) is 69.8 Å². The van der Waals surface area contributed by atoms with Crippen LogP contribution in [0.5, 0.6) is 5.75 Å². The summed E-state index contributed by atoms with van der Waals surface area (Å²) < 4.78 is 29.5. The first-order chi connectivity index (χ1) is 18.1. The molecule has 7 heteroatoms. The maximum Gasteiger partial charge on any atom is 0.303 e. The second-order valence-corrected chi connectivity index (χ2v) is 13.2. The molecule has 0 bridgehead atoms. The Balaban J connectivity index is 1.30. The van der Waals surface area contributed by atoms with Gasteiger partial charge in [-0.2, -0.15) is 0 Å². The summed E-state index contributed by atoms with van der Waals surface area (Å²) in [5.74, 6) is 0.0275. The fourth-order valence-electron chi connectivity index (χ4n) is 5.72. The van der Waals surface area contributed by atoms with Gasteiger partial charge in [-0.05, 0) is 96.3 Å². The third-order valence-electron chi connectivity index (χ3n) is 7.87. The Morgan fingerprint density at radius 3 is 2.47 bits per heavy atom. The molecule has 0 spiro atoms. The molecule has 0 radical (unpaired) electrons. The zero-order valence-corrected chi connectivity index (χ0v) is 23.0. The van der Waals surface area contributed by atoms with Crippen LogP contribution in [-0.2, 0) is 27.5 Å². The molecular formula is C31H35NO5S. The van der Waals surface area contributed by atoms with Crippen molar-refractivity contribution < 1.29 is 23.1 Å². The van der Waals surface area contributed by atoms with Crippen LogP contribution in [0.1, 0.15) is 59.5 Å². The van der Waals surface area contributed by atoms with E-state index in [9.17, 15) is 13.2 Å². The number of carbonyl (C=O) groups is 1. The Morgan fingerprint density at radius 1 is 1.05 bits per heavy atom. The van der Waals surface area contributed by atoms with E-state index in [4.69, 9.17) is 9.84 Å². The molecule has 1 unspecified atom stereocenters. The van der Waals surface area contributed by atoms with Crippen LogP contribution in [0.2, 0.25) is 0 Å². The lowest BCUT2D eigenvalue weighted by Gasteiger charge is -2.34. The zero-order chi connectivity index (χ0) is 27.0. The van der Waals surface area contributed by atoms with E-state index < -0.39 is 15.8 Å². The number of rotatable bonds is 8. The van der Waals surface area contributed by atoms with Gasteiger partial charge in [-0.1, -0.05) is 30.3 Å². The van der Waals surface area contributed by atoms with Gasteiger partial charge in [0.1, 0.15) is 11.9 Å². The van der Waals surface area contributed by atoms with E-state index in [2.05, 4.69) is 67.7 Å². The van der Waals surface area contributed by atoms with Crippen molar-refractivity contribution in [3.63, 3.8) is 0 Å². The maximum atomic E-state index is 11.7. The molecule has 3 aromatic rings. The van der Waals surface area contributed by atoms with E-state index in [1.165, 1.54) is 28.5 Å². The molecule has 1 saturated carbocycles. The average Bonchev–Trinajstić information content (AvgIpc) is 2.83. The monoisotopic (exact) mass is 533 g/mol. The van der Waals surface area contributed by atoms with Crippen molar-refractivity contribution in [2.24, 2.45) is 0 Å². The molecule has 5 rings (SSSR count). The predicted octanol–water partition coefficient (Wildman–Crippen LogP) is 6.04. The molecule has 1 fully saturated rings. The lowest BCUT2D eigenvalue weighted by atomic mass is 9.89. The minimum Gasteiger partial charge on any atom is -0.490 e. The van der Waals surface area contributed by atoms with Gasteiger partial charge < -0.3 is 15.2 Å². The Morgan fingerprint density at radius 2 is 1.79 bits per heavy atom. The van der Waals surface area contributed by atoms with Crippen LogP contribution in [0, 0.1) is 13.8 Å². The van der Waals surface area contributed by atoms with Gasteiger partial charge in [-0.15, -0.1) is 0 Å². The van der Waals surface area contributed by atoms with Crippen molar-refractivity contribution in [3.8, 4) is 16.9 Å². The second kappa shape index (κ2) is 10.4. The highest BCUT2D eigenvalue weighted by molar-refractivity contribution is 7.91. The number of carboxylic acids is 1. The van der Waals surface area contributed by atoms with E-state index in [0.29, 0.717) is 19.3 Å². The number of benzene rings is 3. The third kappa shape index (κ3) is 5.73. The highest BCUT2D eigenvalue weighted by atomic mass is 32.2. The quantitative estimate of drug-likeness (QED) is 0.367. The molecule has 1 atom stereocenters. The summed E-state index contributed by atoms with van der Waals surface area (Å²) in [5, 5.41) is 12.4. The van der Waals surface area contributed by atoms with Gasteiger partial charge in [0.15, 0.2) is 9.84 Å². The minimum atomic E-state index is -2.99. The van der Waals surface area contributed by atoms with Gasteiger partial charge >= 0.3 is 5.97 Å². The maximum absolute atomic E-state index is 11.7. The van der Waals surface area contributed by atoms with Crippen LogP contribution in [0.4, 0.5) is 5.69 Å². The van der Waals surface area contributed by atoms with Crippen LogP contribution >= 0.6 is 0 Å². The number of carboxylic acid groups (broad SMARTS) is 1. The molecule has 0 amide bonds. The zero-order valence-electron chi connectivity index (χ0n) is 22.2. The number of sulfone groups is 1. The highest BCUT2D eigenvalue weighted by Gasteiger charge is 2.37. The van der Waals surface area contributed by atoms with Gasteiger partial charge in [0.2, 0.25) is 0 Å². The molecular weight excluding hydrogens is 498 g/mol. The smallest absolute Gasteiger partial charge is 0.303 e. The summed E-state index contributed by atoms with van der Waals surface area (Å²) in [7, 11) is -2.99. The lowest BCUT2D eigenvalue weighted by molar-refractivity contribution is -0.136. The third-order valence-corrected chi connectivity index (χ3v) is 9.47. The topological polar surface area (TPSA) is 92.7 Å². The summed E-state index contributed by atoms with van der Waals surface area (Å²) in [5.41, 5.74) is 9.30. The fourth-order valence-corrected chi connectivity index (χ4v) is 6.85. The molecule has 200 valence electrons. The first kappa shape index (κ1) is 26.3. The van der Waals surface area contributed by atoms with E-state index in [-0.39, 0.29) is 23.8 Å². The standard InChI is InChI=1S/C31H35NO5S/c1-19-13-25(37-26-17-27(18-26)38(3,35)36)14-20(2)31(19)24-6-4-5-22(16-24)29-11-9-23-15-21(8-12-30(33)34)7-10-28(23)32-29/h4-7,10,13-16,26-27,29,32H,8-9,11-12,17-18H2,1-3H3,(H,33,34). The first-order valence-corrected chi connectivity index (χ1v) is 15.2. The predicted molar refractivity (Wildman–Crippen MR) is 151 cm³/mol.